The summed E-state index contributed by atoms with van der Waals surface area (Å²) in [5.74, 6) is 1.54. The van der Waals surface area contributed by atoms with E-state index in [-0.39, 0.29) is 5.24 Å². The van der Waals surface area contributed by atoms with Crippen LogP contribution < -0.4 is 19.5 Å². The van der Waals surface area contributed by atoms with Crippen LogP contribution in [0.5, 0.6) is 17.2 Å². The number of ether oxygens (including phenoxy) is 3. The summed E-state index contributed by atoms with van der Waals surface area (Å²) in [5, 5.41) is 1.86. The van der Waals surface area contributed by atoms with Crippen LogP contribution in [0.3, 0.4) is 0 Å². The third kappa shape index (κ3) is 5.07. The molecule has 0 saturated carbocycles. The molecule has 1 fully saturated rings. The number of imide groups is 1. The first kappa shape index (κ1) is 19.8. The molecule has 1 aliphatic rings. The molecule has 3 rings (SSSR count). The fraction of sp³-hybridized carbons (Fsp3) is 0.238. The van der Waals surface area contributed by atoms with Crippen LogP contribution in [-0.2, 0) is 4.79 Å². The molecule has 0 atom stereocenters. The van der Waals surface area contributed by atoms with Crippen molar-refractivity contribution in [1.29, 1.82) is 0 Å². The first-order valence-electron chi connectivity index (χ1n) is 8.71. The predicted octanol–water partition coefficient (Wildman–Crippen LogP) is 4.09. The molecule has 6 nitrogen and oxygen atoms in total. The van der Waals surface area contributed by atoms with Crippen LogP contribution in [0.4, 0.5) is 4.79 Å². The Hall–Kier alpha value is -2.93. The van der Waals surface area contributed by atoms with Gasteiger partial charge in [0.15, 0.2) is 11.5 Å². The highest BCUT2D eigenvalue weighted by Crippen LogP contribution is 2.31. The Labute approximate surface area is 167 Å². The molecule has 1 saturated heterocycles. The Kier molecular flexibility index (Phi) is 6.26. The maximum atomic E-state index is 11.7. The number of benzene rings is 2. The Morgan fingerprint density at radius 2 is 1.68 bits per heavy atom. The molecule has 0 radical (unpaired) electrons. The molecule has 0 aromatic heterocycles. The number of nitrogens with one attached hydrogen (secondary N) is 1. The van der Waals surface area contributed by atoms with Gasteiger partial charge in [0.1, 0.15) is 19.0 Å². The van der Waals surface area contributed by atoms with Gasteiger partial charge in [0, 0.05) is 0 Å². The summed E-state index contributed by atoms with van der Waals surface area (Å²) in [5.41, 5.74) is 3.04. The van der Waals surface area contributed by atoms with Crippen molar-refractivity contribution in [3.63, 3.8) is 0 Å². The van der Waals surface area contributed by atoms with Gasteiger partial charge in [-0.05, 0) is 72.6 Å². The van der Waals surface area contributed by atoms with E-state index in [1.807, 2.05) is 26.0 Å². The first-order valence-corrected chi connectivity index (χ1v) is 9.53. The van der Waals surface area contributed by atoms with Gasteiger partial charge in [0.05, 0.1) is 12.0 Å². The first-order chi connectivity index (χ1) is 13.4. The predicted molar refractivity (Wildman–Crippen MR) is 109 cm³/mol. The van der Waals surface area contributed by atoms with Gasteiger partial charge in [0.25, 0.3) is 11.1 Å². The molecule has 28 heavy (non-hydrogen) atoms. The average Bonchev–Trinajstić information content (AvgIpc) is 2.95. The van der Waals surface area contributed by atoms with Crippen LogP contribution in [0.25, 0.3) is 6.08 Å². The highest BCUT2D eigenvalue weighted by atomic mass is 32.2. The van der Waals surface area contributed by atoms with Crippen LogP contribution in [0.15, 0.2) is 41.3 Å². The molecular formula is C21H21NO5S. The Morgan fingerprint density at radius 3 is 2.32 bits per heavy atom. The van der Waals surface area contributed by atoms with Crippen molar-refractivity contribution >= 4 is 29.0 Å². The van der Waals surface area contributed by atoms with Gasteiger partial charge < -0.3 is 14.2 Å². The Bertz CT molecular complexity index is 918. The number of rotatable bonds is 7. The van der Waals surface area contributed by atoms with Crippen molar-refractivity contribution in [3.8, 4) is 17.2 Å². The number of carbonyl (C=O) groups excluding carboxylic acids is 2. The SMILES string of the molecule is COc1cc(C=C2SC(=O)NC2=O)ccc1OCCOc1cc(C)cc(C)c1. The van der Waals surface area contributed by atoms with E-state index in [4.69, 9.17) is 14.2 Å². The number of amides is 2. The third-order valence-corrected chi connectivity index (χ3v) is 4.74. The smallest absolute Gasteiger partial charge is 0.290 e. The zero-order valence-electron chi connectivity index (χ0n) is 15.9. The highest BCUT2D eigenvalue weighted by molar-refractivity contribution is 8.18. The van der Waals surface area contributed by atoms with Crippen molar-refractivity contribution in [2.24, 2.45) is 0 Å². The average molecular weight is 399 g/mol. The summed E-state index contributed by atoms with van der Waals surface area (Å²) in [7, 11) is 1.55. The zero-order valence-corrected chi connectivity index (χ0v) is 16.7. The number of hydrogen-bond donors (Lipinski definition) is 1. The monoisotopic (exact) mass is 399 g/mol. The van der Waals surface area contributed by atoms with Crippen LogP contribution in [0.1, 0.15) is 16.7 Å². The van der Waals surface area contributed by atoms with Crippen molar-refractivity contribution in [2.75, 3.05) is 20.3 Å². The maximum Gasteiger partial charge on any atom is 0.290 e. The molecule has 0 aliphatic carbocycles. The summed E-state index contributed by atoms with van der Waals surface area (Å²) in [4.78, 5) is 23.3. The van der Waals surface area contributed by atoms with Crippen molar-refractivity contribution < 1.29 is 23.8 Å². The lowest BCUT2D eigenvalue weighted by Crippen LogP contribution is -2.17. The summed E-state index contributed by atoms with van der Waals surface area (Å²) < 4.78 is 16.9. The number of thioether (sulfide) groups is 1. The van der Waals surface area contributed by atoms with Crippen LogP contribution in [0, 0.1) is 13.8 Å². The number of methoxy groups -OCH3 is 1. The molecule has 0 spiro atoms. The van der Waals surface area contributed by atoms with E-state index in [0.29, 0.717) is 29.6 Å². The van der Waals surface area contributed by atoms with Gasteiger partial charge in [-0.3, -0.25) is 14.9 Å². The molecule has 2 aromatic carbocycles. The van der Waals surface area contributed by atoms with Crippen molar-refractivity contribution in [3.05, 3.63) is 58.0 Å². The van der Waals surface area contributed by atoms with Crippen LogP contribution >= 0.6 is 11.8 Å². The number of hydrogen-bond acceptors (Lipinski definition) is 6. The topological polar surface area (TPSA) is 73.9 Å². The highest BCUT2D eigenvalue weighted by Gasteiger charge is 2.25. The lowest BCUT2D eigenvalue weighted by atomic mass is 10.1. The fourth-order valence-electron chi connectivity index (χ4n) is 2.79. The molecule has 146 valence electrons. The van der Waals surface area contributed by atoms with E-state index in [0.717, 1.165) is 34.2 Å². The molecule has 0 unspecified atom stereocenters. The Balaban J connectivity index is 1.60. The van der Waals surface area contributed by atoms with Gasteiger partial charge in [-0.1, -0.05) is 12.1 Å². The molecule has 1 aliphatic heterocycles. The standard InChI is InChI=1S/C21H21NO5S/c1-13-8-14(2)10-16(9-13)26-6-7-27-17-5-4-15(11-18(17)25-3)12-19-20(23)22-21(24)28-19/h4-5,8-12H,6-7H2,1-3H3,(H,22,23,24). The molecule has 1 N–H and O–H groups in total. The lowest BCUT2D eigenvalue weighted by molar-refractivity contribution is -0.115. The van der Waals surface area contributed by atoms with Crippen molar-refractivity contribution in [1.82, 2.24) is 5.32 Å². The Morgan fingerprint density at radius 1 is 0.964 bits per heavy atom. The molecule has 7 heteroatoms. The second-order valence-electron chi connectivity index (χ2n) is 6.28. The van der Waals surface area contributed by atoms with Crippen LogP contribution in [-0.4, -0.2) is 31.5 Å². The van der Waals surface area contributed by atoms with Gasteiger partial charge in [0.2, 0.25) is 0 Å². The molecule has 0 bridgehead atoms. The fourth-order valence-corrected chi connectivity index (χ4v) is 3.48. The summed E-state index contributed by atoms with van der Waals surface area (Å²) in [6.45, 7) is 4.82. The maximum absolute atomic E-state index is 11.7. The molecule has 2 aromatic rings. The van der Waals surface area contributed by atoms with E-state index in [1.165, 1.54) is 0 Å². The molecule has 2 amide bonds. The van der Waals surface area contributed by atoms with Crippen molar-refractivity contribution in [2.45, 2.75) is 13.8 Å². The van der Waals surface area contributed by atoms with Gasteiger partial charge >= 0.3 is 0 Å². The number of carbonyl (C=O) groups is 2. The quantitative estimate of drug-likeness (QED) is 0.558. The normalized spacial score (nSPS) is 14.9. The minimum absolute atomic E-state index is 0.350. The van der Waals surface area contributed by atoms with E-state index in [9.17, 15) is 9.59 Å². The minimum Gasteiger partial charge on any atom is -0.493 e. The third-order valence-electron chi connectivity index (χ3n) is 3.93. The van der Waals surface area contributed by atoms with Gasteiger partial charge in [-0.25, -0.2) is 0 Å². The van der Waals surface area contributed by atoms with E-state index in [2.05, 4.69) is 11.4 Å². The lowest BCUT2D eigenvalue weighted by Gasteiger charge is -2.12. The van der Waals surface area contributed by atoms with Gasteiger partial charge in [-0.2, -0.15) is 0 Å². The molecular weight excluding hydrogens is 378 g/mol. The molecule has 1 heterocycles. The summed E-state index contributed by atoms with van der Waals surface area (Å²) in [6.07, 6.45) is 1.64. The zero-order chi connectivity index (χ0) is 20.1. The minimum atomic E-state index is -0.391. The van der Waals surface area contributed by atoms with E-state index >= 15 is 0 Å². The van der Waals surface area contributed by atoms with E-state index < -0.39 is 5.91 Å². The second-order valence-corrected chi connectivity index (χ2v) is 7.30. The van der Waals surface area contributed by atoms with E-state index in [1.54, 1.807) is 31.4 Å². The van der Waals surface area contributed by atoms with Gasteiger partial charge in [-0.15, -0.1) is 0 Å². The summed E-state index contributed by atoms with van der Waals surface area (Å²) >= 11 is 0.876. The largest absolute Gasteiger partial charge is 0.493 e. The van der Waals surface area contributed by atoms with Crippen LogP contribution in [0.2, 0.25) is 0 Å². The summed E-state index contributed by atoms with van der Waals surface area (Å²) in [6, 6.07) is 11.4. The second kappa shape index (κ2) is 8.84. The number of aryl methyl sites for hydroxylation is 2.